The van der Waals surface area contributed by atoms with Crippen LogP contribution in [-0.2, 0) is 17.6 Å². The number of rotatable bonds is 4. The van der Waals surface area contributed by atoms with Crippen molar-refractivity contribution in [1.29, 1.82) is 0 Å². The highest BCUT2D eigenvalue weighted by Gasteiger charge is 2.16. The first-order valence-electron chi connectivity index (χ1n) is 5.83. The Morgan fingerprint density at radius 2 is 2.17 bits per heavy atom. The molecule has 0 fully saturated rings. The van der Waals surface area contributed by atoms with Crippen LogP contribution in [0.2, 0.25) is 0 Å². The van der Waals surface area contributed by atoms with Gasteiger partial charge in [-0.25, -0.2) is 0 Å². The quantitative estimate of drug-likeness (QED) is 0.476. The van der Waals surface area contributed by atoms with E-state index in [9.17, 15) is 14.9 Å². The molecule has 1 aliphatic rings. The molecule has 0 bridgehead atoms. The van der Waals surface area contributed by atoms with E-state index in [4.69, 9.17) is 0 Å². The van der Waals surface area contributed by atoms with Gasteiger partial charge >= 0.3 is 0 Å². The Kier molecular flexibility index (Phi) is 3.91. The lowest BCUT2D eigenvalue weighted by Crippen LogP contribution is -2.06. The van der Waals surface area contributed by atoms with Crippen molar-refractivity contribution in [3.05, 3.63) is 51.5 Å². The summed E-state index contributed by atoms with van der Waals surface area (Å²) in [4.78, 5) is 21.3. The molecule has 1 atom stereocenters. The van der Waals surface area contributed by atoms with E-state index in [1.807, 2.05) is 18.2 Å². The Bertz CT molecular complexity index is 471. The van der Waals surface area contributed by atoms with Crippen molar-refractivity contribution >= 4 is 16.9 Å². The van der Waals surface area contributed by atoms with Crippen molar-refractivity contribution in [3.8, 4) is 0 Å². The van der Waals surface area contributed by atoms with Crippen LogP contribution in [0.1, 0.15) is 35.3 Å². The van der Waals surface area contributed by atoms with E-state index in [0.29, 0.717) is 0 Å². The minimum absolute atomic E-state index is 0.112. The third-order valence-electron chi connectivity index (χ3n) is 3.00. The largest absolute Gasteiger partial charge is 0.295 e. The molecular formula is C13H14NO3S-. The number of hydrogen-bond donors (Lipinski definition) is 0. The normalized spacial score (nSPS) is 14.9. The number of aryl methyl sites for hydroxylation is 2. The van der Waals surface area contributed by atoms with Crippen molar-refractivity contribution in [2.24, 2.45) is 0 Å². The van der Waals surface area contributed by atoms with Crippen LogP contribution in [0.3, 0.4) is 0 Å². The molecule has 2 rings (SSSR count). The van der Waals surface area contributed by atoms with E-state index in [1.54, 1.807) is 0 Å². The smallest absolute Gasteiger partial charge is 0.184 e. The fourth-order valence-corrected chi connectivity index (χ4v) is 3.04. The average Bonchev–Trinajstić information content (AvgIpc) is 2.73. The van der Waals surface area contributed by atoms with Crippen LogP contribution < -0.4 is 0 Å². The van der Waals surface area contributed by atoms with Crippen LogP contribution in [0, 0.1) is 16.7 Å². The van der Waals surface area contributed by atoms with E-state index in [2.05, 4.69) is 0 Å². The van der Waals surface area contributed by atoms with Crippen molar-refractivity contribution < 1.29 is 9.72 Å². The summed E-state index contributed by atoms with van der Waals surface area (Å²) in [7, 11) is 0. The predicted octanol–water partition coefficient (Wildman–Crippen LogP) is 2.93. The van der Waals surface area contributed by atoms with Gasteiger partial charge in [-0.2, -0.15) is 0 Å². The van der Waals surface area contributed by atoms with Gasteiger partial charge in [0, 0.05) is 6.92 Å². The number of benzene rings is 1. The van der Waals surface area contributed by atoms with Gasteiger partial charge in [-0.3, -0.25) is 14.9 Å². The average molecular weight is 264 g/mol. The first kappa shape index (κ1) is 13.0. The number of thioether (sulfide) groups is 1. The first-order valence-corrected chi connectivity index (χ1v) is 6.71. The summed E-state index contributed by atoms with van der Waals surface area (Å²) in [5.41, 5.74) is 3.43. The molecule has 1 unspecified atom stereocenters. The van der Waals surface area contributed by atoms with Gasteiger partial charge in [0.2, 0.25) is 0 Å². The lowest BCUT2D eigenvalue weighted by molar-refractivity contribution is -0.437. The van der Waals surface area contributed by atoms with Gasteiger partial charge < -0.3 is 0 Å². The minimum atomic E-state index is -0.497. The maximum atomic E-state index is 11.2. The molecule has 0 heterocycles. The molecule has 0 saturated carbocycles. The zero-order valence-electron chi connectivity index (χ0n) is 10.1. The molecule has 0 aliphatic heterocycles. The third kappa shape index (κ3) is 3.04. The van der Waals surface area contributed by atoms with Gasteiger partial charge in [0.05, 0.1) is 0 Å². The number of nitrogens with zero attached hydrogens (tertiary/aromatic N) is 1. The predicted molar refractivity (Wildman–Crippen MR) is 70.8 cm³/mol. The molecular weight excluding hydrogens is 250 g/mol. The molecule has 0 saturated heterocycles. The first-order chi connectivity index (χ1) is 8.56. The van der Waals surface area contributed by atoms with Gasteiger partial charge in [0.1, 0.15) is 0 Å². The molecule has 0 spiro atoms. The van der Waals surface area contributed by atoms with E-state index >= 15 is 0 Å². The monoisotopic (exact) mass is 264 g/mol. The summed E-state index contributed by atoms with van der Waals surface area (Å²) in [5.74, 6) is 0. The SMILES string of the molecule is CC(=O)SC([CH-][N+](=O)[O-])c1ccc2c(c1)CCC2. The van der Waals surface area contributed by atoms with Crippen LogP contribution >= 0.6 is 11.8 Å². The third-order valence-corrected chi connectivity index (χ3v) is 3.98. The second-order valence-corrected chi connectivity index (χ2v) is 5.66. The van der Waals surface area contributed by atoms with E-state index in [1.165, 1.54) is 18.1 Å². The number of carbonyl (C=O) groups excluding carboxylic acids is 1. The van der Waals surface area contributed by atoms with Gasteiger partial charge in [-0.05, 0) is 42.2 Å². The Labute approximate surface area is 110 Å². The maximum absolute atomic E-state index is 11.2. The number of nitro groups is 1. The highest BCUT2D eigenvalue weighted by atomic mass is 32.2. The standard InChI is InChI=1S/C13H14NO3S/c1-9(15)18-13(8-14(16)17)12-6-5-10-3-2-4-11(10)7-12/h5-8,13H,2-4H2,1H3/q-1. The maximum Gasteiger partial charge on any atom is 0.184 e. The summed E-state index contributed by atoms with van der Waals surface area (Å²) in [5, 5.41) is 10.0. The Morgan fingerprint density at radius 3 is 2.83 bits per heavy atom. The Morgan fingerprint density at radius 1 is 1.44 bits per heavy atom. The Balaban J connectivity index is 2.24. The van der Waals surface area contributed by atoms with Crippen molar-refractivity contribution in [3.63, 3.8) is 0 Å². The molecule has 0 N–H and O–H groups in total. The molecule has 4 nitrogen and oxygen atoms in total. The number of carbonyl (C=O) groups is 1. The molecule has 5 heteroatoms. The van der Waals surface area contributed by atoms with E-state index in [0.717, 1.165) is 43.1 Å². The van der Waals surface area contributed by atoms with Crippen LogP contribution in [-0.4, -0.2) is 10.0 Å². The highest BCUT2D eigenvalue weighted by molar-refractivity contribution is 8.13. The fraction of sp³-hybridized carbons (Fsp3) is 0.385. The zero-order chi connectivity index (χ0) is 13.1. The number of hydrogen-bond acceptors (Lipinski definition) is 4. The molecule has 1 aliphatic carbocycles. The lowest BCUT2D eigenvalue weighted by Gasteiger charge is -2.19. The molecule has 96 valence electrons. The molecule has 0 radical (unpaired) electrons. The molecule has 18 heavy (non-hydrogen) atoms. The van der Waals surface area contributed by atoms with E-state index in [-0.39, 0.29) is 5.12 Å². The topological polar surface area (TPSA) is 60.2 Å². The van der Waals surface area contributed by atoms with Crippen molar-refractivity contribution in [1.82, 2.24) is 0 Å². The lowest BCUT2D eigenvalue weighted by atomic mass is 10.0. The van der Waals surface area contributed by atoms with Crippen LogP contribution in [0.5, 0.6) is 0 Å². The number of fused-ring (bicyclic) bond motifs is 1. The van der Waals surface area contributed by atoms with Crippen LogP contribution in [0.4, 0.5) is 0 Å². The van der Waals surface area contributed by atoms with Crippen LogP contribution in [0.25, 0.3) is 0 Å². The van der Waals surface area contributed by atoms with E-state index < -0.39 is 10.2 Å². The molecule has 0 aromatic heterocycles. The second-order valence-electron chi connectivity index (χ2n) is 4.35. The summed E-state index contributed by atoms with van der Waals surface area (Å²) in [6.07, 6.45) is 3.25. The second kappa shape index (κ2) is 5.44. The fourth-order valence-electron chi connectivity index (χ4n) is 2.24. The summed E-state index contributed by atoms with van der Waals surface area (Å²) in [6.45, 7) is 2.42. The van der Waals surface area contributed by atoms with Gasteiger partial charge in [-0.15, -0.1) is 16.7 Å². The van der Waals surface area contributed by atoms with Crippen molar-refractivity contribution in [2.75, 3.05) is 0 Å². The molecule has 1 aromatic carbocycles. The minimum Gasteiger partial charge on any atom is -0.295 e. The van der Waals surface area contributed by atoms with Crippen LogP contribution in [0.15, 0.2) is 18.2 Å². The Hall–Kier alpha value is -1.49. The highest BCUT2D eigenvalue weighted by Crippen LogP contribution is 2.34. The molecule has 1 aromatic rings. The summed E-state index contributed by atoms with van der Waals surface area (Å²) in [6, 6.07) is 5.92. The van der Waals surface area contributed by atoms with Crippen molar-refractivity contribution in [2.45, 2.75) is 31.4 Å². The zero-order valence-corrected chi connectivity index (χ0v) is 10.9. The summed E-state index contributed by atoms with van der Waals surface area (Å²) < 4.78 is 0. The van der Waals surface area contributed by atoms with Gasteiger partial charge in [0.15, 0.2) is 5.12 Å². The molecule has 0 amide bonds. The van der Waals surface area contributed by atoms with Gasteiger partial charge in [0.25, 0.3) is 0 Å². The summed E-state index contributed by atoms with van der Waals surface area (Å²) >= 11 is 0.990. The van der Waals surface area contributed by atoms with Gasteiger partial charge in [-0.1, -0.05) is 23.8 Å².